The number of benzene rings is 2. The average molecular weight is 361 g/mol. The molecular formula is C18H20N2O2S2. The van der Waals surface area contributed by atoms with E-state index in [1.807, 2.05) is 61.7 Å². The molecule has 6 heteroatoms. The second-order valence-electron chi connectivity index (χ2n) is 5.18. The highest BCUT2D eigenvalue weighted by Crippen LogP contribution is 2.26. The van der Waals surface area contributed by atoms with Crippen molar-refractivity contribution >= 4 is 46.7 Å². The number of rotatable bonds is 6. The van der Waals surface area contributed by atoms with Crippen LogP contribution in [0.5, 0.6) is 0 Å². The van der Waals surface area contributed by atoms with E-state index in [1.54, 1.807) is 11.8 Å². The van der Waals surface area contributed by atoms with Crippen molar-refractivity contribution < 1.29 is 9.59 Å². The molecule has 0 aliphatic heterocycles. The van der Waals surface area contributed by atoms with Gasteiger partial charge in [-0.25, -0.2) is 0 Å². The Kier molecular flexibility index (Phi) is 6.75. The number of nitrogens with one attached hydrogen (secondary N) is 2. The van der Waals surface area contributed by atoms with Crippen molar-refractivity contribution in [3.8, 4) is 0 Å². The van der Waals surface area contributed by atoms with Crippen LogP contribution in [-0.2, 0) is 9.59 Å². The summed E-state index contributed by atoms with van der Waals surface area (Å²) >= 11 is 3.14. The van der Waals surface area contributed by atoms with Gasteiger partial charge in [0.15, 0.2) is 0 Å². The lowest BCUT2D eigenvalue weighted by atomic mass is 10.3. The van der Waals surface area contributed by atoms with E-state index in [-0.39, 0.29) is 17.1 Å². The summed E-state index contributed by atoms with van der Waals surface area (Å²) in [5.74, 6) is -0.140. The molecule has 2 N–H and O–H groups in total. The first-order chi connectivity index (χ1) is 11.5. The molecule has 2 aromatic rings. The fraction of sp³-hybridized carbons (Fsp3) is 0.222. The van der Waals surface area contributed by atoms with Gasteiger partial charge in [0.05, 0.1) is 5.25 Å². The predicted octanol–water partition coefficient (Wildman–Crippen LogP) is 4.49. The molecule has 0 spiro atoms. The SMILES string of the molecule is CSc1ccc(NC(=O)C(C)Sc2ccc(NC(C)=O)cc2)cc1. The van der Waals surface area contributed by atoms with Crippen LogP contribution in [0.3, 0.4) is 0 Å². The lowest BCUT2D eigenvalue weighted by Gasteiger charge is -2.12. The quantitative estimate of drug-likeness (QED) is 0.746. The zero-order valence-electron chi connectivity index (χ0n) is 13.8. The van der Waals surface area contributed by atoms with Crippen molar-refractivity contribution in [2.24, 2.45) is 0 Å². The molecule has 0 bridgehead atoms. The molecule has 126 valence electrons. The van der Waals surface area contributed by atoms with Crippen LogP contribution < -0.4 is 10.6 Å². The molecule has 0 aliphatic carbocycles. The van der Waals surface area contributed by atoms with Crippen LogP contribution in [0.15, 0.2) is 58.3 Å². The van der Waals surface area contributed by atoms with E-state index in [2.05, 4.69) is 10.6 Å². The zero-order valence-corrected chi connectivity index (χ0v) is 15.5. The van der Waals surface area contributed by atoms with Gasteiger partial charge in [0, 0.05) is 28.1 Å². The van der Waals surface area contributed by atoms with Crippen molar-refractivity contribution in [3.63, 3.8) is 0 Å². The van der Waals surface area contributed by atoms with E-state index in [1.165, 1.54) is 18.7 Å². The number of amides is 2. The van der Waals surface area contributed by atoms with Crippen molar-refractivity contribution in [2.75, 3.05) is 16.9 Å². The van der Waals surface area contributed by atoms with E-state index in [9.17, 15) is 9.59 Å². The monoisotopic (exact) mass is 360 g/mol. The summed E-state index contributed by atoms with van der Waals surface area (Å²) in [4.78, 5) is 25.4. The minimum Gasteiger partial charge on any atom is -0.326 e. The molecule has 2 amide bonds. The Bertz CT molecular complexity index is 700. The third-order valence-electron chi connectivity index (χ3n) is 3.21. The summed E-state index contributed by atoms with van der Waals surface area (Å²) < 4.78 is 0. The molecule has 0 saturated heterocycles. The molecule has 2 rings (SSSR count). The molecule has 24 heavy (non-hydrogen) atoms. The van der Waals surface area contributed by atoms with Crippen LogP contribution in [0.1, 0.15) is 13.8 Å². The summed E-state index contributed by atoms with van der Waals surface area (Å²) in [5, 5.41) is 5.42. The van der Waals surface area contributed by atoms with Gasteiger partial charge >= 0.3 is 0 Å². The number of carbonyl (C=O) groups excluding carboxylic acids is 2. The van der Waals surface area contributed by atoms with E-state index in [0.717, 1.165) is 21.2 Å². The summed E-state index contributed by atoms with van der Waals surface area (Å²) in [6, 6.07) is 15.2. The Hall–Kier alpha value is -1.92. The minimum absolute atomic E-state index is 0.0390. The average Bonchev–Trinajstić information content (AvgIpc) is 2.56. The van der Waals surface area contributed by atoms with Crippen molar-refractivity contribution in [2.45, 2.75) is 28.9 Å². The van der Waals surface area contributed by atoms with E-state index >= 15 is 0 Å². The van der Waals surface area contributed by atoms with Gasteiger partial charge in [-0.1, -0.05) is 0 Å². The third-order valence-corrected chi connectivity index (χ3v) is 5.07. The highest BCUT2D eigenvalue weighted by atomic mass is 32.2. The van der Waals surface area contributed by atoms with Crippen LogP contribution in [0, 0.1) is 0 Å². The molecule has 0 fully saturated rings. The van der Waals surface area contributed by atoms with Crippen LogP contribution >= 0.6 is 23.5 Å². The third kappa shape index (κ3) is 5.62. The summed E-state index contributed by atoms with van der Waals surface area (Å²) in [6.45, 7) is 3.35. The Morgan fingerprint density at radius 2 is 1.38 bits per heavy atom. The molecule has 2 aromatic carbocycles. The maximum atomic E-state index is 12.3. The molecule has 4 nitrogen and oxygen atoms in total. The first-order valence-electron chi connectivity index (χ1n) is 7.47. The normalized spacial score (nSPS) is 11.6. The highest BCUT2D eigenvalue weighted by molar-refractivity contribution is 8.00. The lowest BCUT2D eigenvalue weighted by Crippen LogP contribution is -2.22. The zero-order chi connectivity index (χ0) is 17.5. The molecule has 0 radical (unpaired) electrons. The van der Waals surface area contributed by atoms with E-state index in [0.29, 0.717) is 0 Å². The second kappa shape index (κ2) is 8.80. The van der Waals surface area contributed by atoms with Crippen LogP contribution in [0.2, 0.25) is 0 Å². The summed E-state index contributed by atoms with van der Waals surface area (Å²) in [7, 11) is 0. The molecule has 1 atom stereocenters. The van der Waals surface area contributed by atoms with Gasteiger partial charge in [0.25, 0.3) is 0 Å². The maximum Gasteiger partial charge on any atom is 0.237 e. The first kappa shape index (κ1) is 18.4. The molecule has 1 unspecified atom stereocenters. The lowest BCUT2D eigenvalue weighted by molar-refractivity contribution is -0.115. The molecular weight excluding hydrogens is 340 g/mol. The summed E-state index contributed by atoms with van der Waals surface area (Å²) in [5.41, 5.74) is 1.55. The molecule has 0 saturated carbocycles. The number of hydrogen-bond donors (Lipinski definition) is 2. The minimum atomic E-state index is -0.225. The van der Waals surface area contributed by atoms with Crippen molar-refractivity contribution in [1.82, 2.24) is 0 Å². The fourth-order valence-corrected chi connectivity index (χ4v) is 3.27. The highest BCUT2D eigenvalue weighted by Gasteiger charge is 2.14. The number of carbonyl (C=O) groups is 2. The molecule has 0 aliphatic rings. The van der Waals surface area contributed by atoms with Crippen LogP contribution in [0.4, 0.5) is 11.4 Å². The van der Waals surface area contributed by atoms with Crippen molar-refractivity contribution in [1.29, 1.82) is 0 Å². The van der Waals surface area contributed by atoms with Gasteiger partial charge < -0.3 is 10.6 Å². The van der Waals surface area contributed by atoms with Gasteiger partial charge in [-0.15, -0.1) is 23.5 Å². The van der Waals surface area contributed by atoms with Gasteiger partial charge in [-0.05, 0) is 61.7 Å². The molecule has 0 heterocycles. The van der Waals surface area contributed by atoms with E-state index < -0.39 is 0 Å². The fourth-order valence-electron chi connectivity index (χ4n) is 2.00. The Morgan fingerprint density at radius 3 is 1.88 bits per heavy atom. The Balaban J connectivity index is 1.91. The summed E-state index contributed by atoms with van der Waals surface area (Å²) in [6.07, 6.45) is 2.02. The Labute approximate surface area is 150 Å². The van der Waals surface area contributed by atoms with Gasteiger partial charge in [-0.2, -0.15) is 0 Å². The van der Waals surface area contributed by atoms with Crippen LogP contribution in [0.25, 0.3) is 0 Å². The van der Waals surface area contributed by atoms with Gasteiger partial charge in [0.2, 0.25) is 11.8 Å². The largest absolute Gasteiger partial charge is 0.326 e. The maximum absolute atomic E-state index is 12.3. The van der Waals surface area contributed by atoms with Gasteiger partial charge in [-0.3, -0.25) is 9.59 Å². The second-order valence-corrected chi connectivity index (χ2v) is 7.48. The van der Waals surface area contributed by atoms with Crippen molar-refractivity contribution in [3.05, 3.63) is 48.5 Å². The standard InChI is InChI=1S/C18H20N2O2S2/c1-12(18(22)20-15-4-8-16(23-3)9-5-15)24-17-10-6-14(7-11-17)19-13(2)21/h4-12H,1-3H3,(H,19,21)(H,20,22). The topological polar surface area (TPSA) is 58.2 Å². The molecule has 0 aromatic heterocycles. The van der Waals surface area contributed by atoms with E-state index in [4.69, 9.17) is 0 Å². The van der Waals surface area contributed by atoms with Gasteiger partial charge in [0.1, 0.15) is 0 Å². The first-order valence-corrected chi connectivity index (χ1v) is 9.57. The van der Waals surface area contributed by atoms with Crippen LogP contribution in [-0.4, -0.2) is 23.3 Å². The Morgan fingerprint density at radius 1 is 0.875 bits per heavy atom. The number of anilines is 2. The number of thioether (sulfide) groups is 2. The smallest absolute Gasteiger partial charge is 0.237 e. The number of hydrogen-bond acceptors (Lipinski definition) is 4. The predicted molar refractivity (Wildman–Crippen MR) is 103 cm³/mol.